The molecule has 0 amide bonds. The van der Waals surface area contributed by atoms with E-state index >= 15 is 0 Å². The van der Waals surface area contributed by atoms with Crippen molar-refractivity contribution in [2.24, 2.45) is 11.3 Å². The van der Waals surface area contributed by atoms with Crippen molar-refractivity contribution in [2.45, 2.75) is 32.7 Å². The van der Waals surface area contributed by atoms with Crippen LogP contribution >= 0.6 is 0 Å². The van der Waals surface area contributed by atoms with E-state index in [1.807, 2.05) is 0 Å². The molecule has 1 aliphatic heterocycles. The van der Waals surface area contributed by atoms with Gasteiger partial charge in [-0.3, -0.25) is 0 Å². The van der Waals surface area contributed by atoms with Gasteiger partial charge in [0.2, 0.25) is 0 Å². The van der Waals surface area contributed by atoms with E-state index in [0.29, 0.717) is 11.3 Å². The van der Waals surface area contributed by atoms with Gasteiger partial charge >= 0.3 is 0 Å². The summed E-state index contributed by atoms with van der Waals surface area (Å²) in [6, 6.07) is 8.85. The Balaban J connectivity index is 1.55. The number of fused-ring (bicyclic) bond motifs is 1. The molecule has 18 heavy (non-hydrogen) atoms. The Hall–Kier alpha value is -0.860. The van der Waals surface area contributed by atoms with Crippen molar-refractivity contribution in [3.8, 4) is 0 Å². The Morgan fingerprint density at radius 2 is 2.06 bits per heavy atom. The Morgan fingerprint density at radius 3 is 2.83 bits per heavy atom. The monoisotopic (exact) mass is 244 g/mol. The molecular formula is C16H24N2. The van der Waals surface area contributed by atoms with E-state index < -0.39 is 0 Å². The van der Waals surface area contributed by atoms with E-state index in [2.05, 4.69) is 48.7 Å². The molecule has 0 aromatic heterocycles. The molecule has 2 atom stereocenters. The normalized spacial score (nSPS) is 28.8. The van der Waals surface area contributed by atoms with Gasteiger partial charge in [-0.1, -0.05) is 38.1 Å². The zero-order valence-corrected chi connectivity index (χ0v) is 11.5. The highest BCUT2D eigenvalue weighted by Crippen LogP contribution is 2.51. The van der Waals surface area contributed by atoms with Crippen LogP contribution in [0, 0.1) is 11.3 Å². The van der Waals surface area contributed by atoms with E-state index in [9.17, 15) is 0 Å². The van der Waals surface area contributed by atoms with Crippen molar-refractivity contribution in [2.75, 3.05) is 19.6 Å². The topological polar surface area (TPSA) is 24.1 Å². The van der Waals surface area contributed by atoms with Gasteiger partial charge in [0.25, 0.3) is 0 Å². The number of nitrogens with one attached hydrogen (secondary N) is 2. The van der Waals surface area contributed by atoms with Crippen LogP contribution in [0.3, 0.4) is 0 Å². The second-order valence-corrected chi connectivity index (χ2v) is 6.57. The Bertz CT molecular complexity index is 425. The minimum absolute atomic E-state index is 0.593. The van der Waals surface area contributed by atoms with Crippen molar-refractivity contribution in [1.29, 1.82) is 0 Å². The lowest BCUT2D eigenvalue weighted by Crippen LogP contribution is -2.35. The van der Waals surface area contributed by atoms with Gasteiger partial charge in [0, 0.05) is 25.6 Å². The summed E-state index contributed by atoms with van der Waals surface area (Å²) in [5.41, 5.74) is 3.61. The molecule has 1 fully saturated rings. The second-order valence-electron chi connectivity index (χ2n) is 6.57. The van der Waals surface area contributed by atoms with Crippen LogP contribution in [0.15, 0.2) is 24.3 Å². The molecule has 2 aliphatic rings. The van der Waals surface area contributed by atoms with Crippen molar-refractivity contribution in [3.05, 3.63) is 35.4 Å². The van der Waals surface area contributed by atoms with Gasteiger partial charge in [-0.2, -0.15) is 0 Å². The fourth-order valence-electron chi connectivity index (χ4n) is 3.12. The summed E-state index contributed by atoms with van der Waals surface area (Å²) < 4.78 is 0. The SMILES string of the molecule is CC1(C)CC1CNCC1CNCc2ccccc21. The lowest BCUT2D eigenvalue weighted by Gasteiger charge is -2.26. The Labute approximate surface area is 110 Å². The smallest absolute Gasteiger partial charge is 0.0208 e. The minimum Gasteiger partial charge on any atom is -0.316 e. The van der Waals surface area contributed by atoms with E-state index in [1.54, 1.807) is 5.56 Å². The molecule has 0 radical (unpaired) electrons. The average Bonchev–Trinajstić information content (AvgIpc) is 2.97. The maximum absolute atomic E-state index is 3.67. The third kappa shape index (κ3) is 2.45. The molecule has 1 aromatic rings. The summed E-state index contributed by atoms with van der Waals surface area (Å²) in [5, 5.41) is 7.19. The summed E-state index contributed by atoms with van der Waals surface area (Å²) in [4.78, 5) is 0. The molecule has 2 N–H and O–H groups in total. The van der Waals surface area contributed by atoms with Crippen molar-refractivity contribution in [3.63, 3.8) is 0 Å². The van der Waals surface area contributed by atoms with Crippen molar-refractivity contribution >= 4 is 0 Å². The fourth-order valence-corrected chi connectivity index (χ4v) is 3.12. The predicted molar refractivity (Wildman–Crippen MR) is 75.6 cm³/mol. The van der Waals surface area contributed by atoms with Crippen LogP contribution in [0.25, 0.3) is 0 Å². The van der Waals surface area contributed by atoms with Gasteiger partial charge < -0.3 is 10.6 Å². The molecule has 2 nitrogen and oxygen atoms in total. The third-order valence-corrected chi connectivity index (χ3v) is 4.70. The van der Waals surface area contributed by atoms with Gasteiger partial charge in [0.15, 0.2) is 0 Å². The lowest BCUT2D eigenvalue weighted by molar-refractivity contribution is 0.472. The van der Waals surface area contributed by atoms with E-state index in [0.717, 1.165) is 25.6 Å². The van der Waals surface area contributed by atoms with Gasteiger partial charge in [-0.05, 0) is 35.4 Å². The first-order chi connectivity index (χ1) is 8.67. The van der Waals surface area contributed by atoms with Crippen molar-refractivity contribution in [1.82, 2.24) is 10.6 Å². The van der Waals surface area contributed by atoms with Gasteiger partial charge in [0.1, 0.15) is 0 Å². The highest BCUT2D eigenvalue weighted by Gasteiger charge is 2.44. The fraction of sp³-hybridized carbons (Fsp3) is 0.625. The van der Waals surface area contributed by atoms with Crippen molar-refractivity contribution < 1.29 is 0 Å². The predicted octanol–water partition coefficient (Wildman–Crippen LogP) is 2.51. The first-order valence-electron chi connectivity index (χ1n) is 7.16. The maximum atomic E-state index is 3.67. The Morgan fingerprint density at radius 1 is 1.28 bits per heavy atom. The molecule has 0 bridgehead atoms. The molecule has 98 valence electrons. The molecule has 0 saturated heterocycles. The van der Waals surface area contributed by atoms with Crippen LogP contribution in [-0.2, 0) is 6.54 Å². The molecule has 0 spiro atoms. The number of rotatable bonds is 4. The zero-order chi connectivity index (χ0) is 12.6. The summed E-state index contributed by atoms with van der Waals surface area (Å²) in [7, 11) is 0. The van der Waals surface area contributed by atoms with Crippen LogP contribution in [0.1, 0.15) is 37.3 Å². The highest BCUT2D eigenvalue weighted by atomic mass is 14.9. The summed E-state index contributed by atoms with van der Waals surface area (Å²) in [6.07, 6.45) is 1.39. The number of hydrogen-bond acceptors (Lipinski definition) is 2. The van der Waals surface area contributed by atoms with E-state index in [4.69, 9.17) is 0 Å². The average molecular weight is 244 g/mol. The number of benzene rings is 1. The third-order valence-electron chi connectivity index (χ3n) is 4.70. The van der Waals surface area contributed by atoms with Crippen LogP contribution in [0.2, 0.25) is 0 Å². The summed E-state index contributed by atoms with van der Waals surface area (Å²) >= 11 is 0. The van der Waals surface area contributed by atoms with E-state index in [1.165, 1.54) is 18.5 Å². The highest BCUT2D eigenvalue weighted by molar-refractivity contribution is 5.32. The zero-order valence-electron chi connectivity index (χ0n) is 11.5. The first-order valence-corrected chi connectivity index (χ1v) is 7.16. The molecule has 2 heteroatoms. The van der Waals surface area contributed by atoms with Gasteiger partial charge in [-0.15, -0.1) is 0 Å². The standard InChI is InChI=1S/C16H24N2/c1-16(2)7-14(16)11-18-10-13-9-17-8-12-5-3-4-6-15(12)13/h3-6,13-14,17-18H,7-11H2,1-2H3. The molecule has 2 unspecified atom stereocenters. The quantitative estimate of drug-likeness (QED) is 0.850. The van der Waals surface area contributed by atoms with E-state index in [-0.39, 0.29) is 0 Å². The molecule has 3 rings (SSSR count). The van der Waals surface area contributed by atoms with Gasteiger partial charge in [-0.25, -0.2) is 0 Å². The summed E-state index contributed by atoms with van der Waals surface area (Å²) in [6.45, 7) is 9.18. The van der Waals surface area contributed by atoms with Crippen LogP contribution in [0.4, 0.5) is 0 Å². The van der Waals surface area contributed by atoms with Gasteiger partial charge in [0.05, 0.1) is 0 Å². The number of hydrogen-bond donors (Lipinski definition) is 2. The largest absolute Gasteiger partial charge is 0.316 e. The molecule has 1 aliphatic carbocycles. The van der Waals surface area contributed by atoms with Crippen LogP contribution < -0.4 is 10.6 Å². The van der Waals surface area contributed by atoms with Crippen LogP contribution in [0.5, 0.6) is 0 Å². The summed E-state index contributed by atoms with van der Waals surface area (Å²) in [5.74, 6) is 1.53. The Kier molecular flexibility index (Phi) is 3.16. The lowest BCUT2D eigenvalue weighted by atomic mass is 9.91. The molecule has 1 heterocycles. The maximum Gasteiger partial charge on any atom is 0.0208 e. The molecule has 1 aromatic carbocycles. The minimum atomic E-state index is 0.593. The molecular weight excluding hydrogens is 220 g/mol. The van der Waals surface area contributed by atoms with Crippen LogP contribution in [-0.4, -0.2) is 19.6 Å². The second kappa shape index (κ2) is 4.67. The molecule has 1 saturated carbocycles. The first kappa shape index (κ1) is 12.2.